The molecule has 3 aliphatic rings. The molecular formula is C19H22O3. The minimum Gasteiger partial charge on any atom is -0.497 e. The summed E-state index contributed by atoms with van der Waals surface area (Å²) in [6.07, 6.45) is 6.17. The molecule has 0 aromatic heterocycles. The van der Waals surface area contributed by atoms with Gasteiger partial charge in [-0.05, 0) is 67.6 Å². The first kappa shape index (κ1) is 13.9. The summed E-state index contributed by atoms with van der Waals surface area (Å²) >= 11 is 0. The van der Waals surface area contributed by atoms with Crippen LogP contribution in [0, 0.1) is 17.8 Å². The first-order valence-corrected chi connectivity index (χ1v) is 8.29. The van der Waals surface area contributed by atoms with Crippen LogP contribution in [0.2, 0.25) is 0 Å². The lowest BCUT2D eigenvalue weighted by atomic mass is 9.55. The lowest BCUT2D eigenvalue weighted by Gasteiger charge is -2.49. The van der Waals surface area contributed by atoms with E-state index in [1.807, 2.05) is 24.3 Å². The van der Waals surface area contributed by atoms with Gasteiger partial charge in [-0.3, -0.25) is 0 Å². The van der Waals surface area contributed by atoms with Crippen molar-refractivity contribution in [3.63, 3.8) is 0 Å². The fraction of sp³-hybridized carbons (Fsp3) is 0.526. The van der Waals surface area contributed by atoms with Gasteiger partial charge in [0.25, 0.3) is 0 Å². The summed E-state index contributed by atoms with van der Waals surface area (Å²) in [5, 5.41) is 0. The number of hydrogen-bond acceptors (Lipinski definition) is 3. The lowest BCUT2D eigenvalue weighted by Crippen LogP contribution is -2.41. The van der Waals surface area contributed by atoms with Gasteiger partial charge in [-0.25, -0.2) is 4.79 Å². The molecule has 3 nitrogen and oxygen atoms in total. The zero-order chi connectivity index (χ0) is 15.1. The van der Waals surface area contributed by atoms with Crippen LogP contribution in [0.25, 0.3) is 0 Å². The van der Waals surface area contributed by atoms with Crippen LogP contribution < -0.4 is 4.74 Å². The van der Waals surface area contributed by atoms with Gasteiger partial charge in [0.15, 0.2) is 0 Å². The number of hydrogen-bond donors (Lipinski definition) is 0. The topological polar surface area (TPSA) is 35.5 Å². The summed E-state index contributed by atoms with van der Waals surface area (Å²) in [7, 11) is 1.65. The van der Waals surface area contributed by atoms with Crippen LogP contribution in [0.4, 0.5) is 0 Å². The highest BCUT2D eigenvalue weighted by Crippen LogP contribution is 2.55. The number of benzene rings is 1. The molecular weight excluding hydrogens is 276 g/mol. The molecule has 0 bridgehead atoms. The summed E-state index contributed by atoms with van der Waals surface area (Å²) < 4.78 is 10.8. The van der Waals surface area contributed by atoms with Gasteiger partial charge in [0.05, 0.1) is 7.11 Å². The number of rotatable bonds is 4. The van der Waals surface area contributed by atoms with E-state index in [2.05, 4.69) is 0 Å². The summed E-state index contributed by atoms with van der Waals surface area (Å²) in [6.45, 7) is 0.349. The van der Waals surface area contributed by atoms with E-state index in [-0.39, 0.29) is 5.97 Å². The molecule has 4 rings (SSSR count). The second-order valence-electron chi connectivity index (χ2n) is 6.78. The van der Waals surface area contributed by atoms with Crippen LogP contribution in [0.15, 0.2) is 35.4 Å². The van der Waals surface area contributed by atoms with Gasteiger partial charge in [0, 0.05) is 5.57 Å². The van der Waals surface area contributed by atoms with Crippen molar-refractivity contribution < 1.29 is 14.3 Å². The van der Waals surface area contributed by atoms with Gasteiger partial charge in [0.2, 0.25) is 0 Å². The monoisotopic (exact) mass is 298 g/mol. The molecule has 22 heavy (non-hydrogen) atoms. The predicted molar refractivity (Wildman–Crippen MR) is 83.4 cm³/mol. The Balaban J connectivity index is 1.44. The maximum Gasteiger partial charge on any atom is 0.334 e. The highest BCUT2D eigenvalue weighted by Gasteiger charge is 2.47. The van der Waals surface area contributed by atoms with Gasteiger partial charge >= 0.3 is 5.97 Å². The van der Waals surface area contributed by atoms with E-state index >= 15 is 0 Å². The van der Waals surface area contributed by atoms with Crippen molar-refractivity contribution >= 4 is 5.97 Å². The number of allylic oxidation sites excluding steroid dienone is 1. The molecule has 2 fully saturated rings. The van der Waals surface area contributed by atoms with E-state index in [9.17, 15) is 4.79 Å². The van der Waals surface area contributed by atoms with Crippen LogP contribution in [0.3, 0.4) is 0 Å². The highest BCUT2D eigenvalue weighted by molar-refractivity contribution is 5.91. The van der Waals surface area contributed by atoms with Crippen molar-refractivity contribution in [2.75, 3.05) is 7.11 Å². The Morgan fingerprint density at radius 3 is 2.59 bits per heavy atom. The number of fused-ring (bicyclic) bond motifs is 2. The van der Waals surface area contributed by atoms with Crippen LogP contribution >= 0.6 is 0 Å². The van der Waals surface area contributed by atoms with Gasteiger partial charge in [0.1, 0.15) is 12.4 Å². The maximum absolute atomic E-state index is 12.6. The van der Waals surface area contributed by atoms with E-state index < -0.39 is 0 Å². The molecule has 0 saturated heterocycles. The maximum atomic E-state index is 12.6. The predicted octanol–water partition coefficient (Wildman–Crippen LogP) is 3.87. The fourth-order valence-corrected chi connectivity index (χ4v) is 4.17. The number of ether oxygens (including phenoxy) is 2. The molecule has 3 aliphatic carbocycles. The molecule has 0 heterocycles. The Kier molecular flexibility index (Phi) is 3.44. The summed E-state index contributed by atoms with van der Waals surface area (Å²) in [4.78, 5) is 12.6. The molecule has 0 spiro atoms. The molecule has 3 unspecified atom stereocenters. The third-order valence-electron chi connectivity index (χ3n) is 5.73. The van der Waals surface area contributed by atoms with Crippen molar-refractivity contribution in [3.8, 4) is 5.75 Å². The molecule has 0 N–H and O–H groups in total. The SMILES string of the molecule is COc1ccc(COC(=O)C2=C3CCC3CC3CCC23)cc1. The quantitative estimate of drug-likeness (QED) is 0.791. The molecule has 116 valence electrons. The van der Waals surface area contributed by atoms with Crippen LogP contribution in [0.5, 0.6) is 5.75 Å². The zero-order valence-corrected chi connectivity index (χ0v) is 13.0. The number of carbonyl (C=O) groups is 1. The second-order valence-corrected chi connectivity index (χ2v) is 6.78. The third kappa shape index (κ3) is 2.23. The molecule has 3 atom stereocenters. The van der Waals surface area contributed by atoms with Gasteiger partial charge in [-0.1, -0.05) is 17.7 Å². The largest absolute Gasteiger partial charge is 0.497 e. The van der Waals surface area contributed by atoms with Crippen molar-refractivity contribution in [1.29, 1.82) is 0 Å². The number of esters is 1. The third-order valence-corrected chi connectivity index (χ3v) is 5.73. The van der Waals surface area contributed by atoms with Gasteiger partial charge < -0.3 is 9.47 Å². The fourth-order valence-electron chi connectivity index (χ4n) is 4.17. The minimum atomic E-state index is -0.0649. The highest BCUT2D eigenvalue weighted by atomic mass is 16.5. The van der Waals surface area contributed by atoms with Crippen molar-refractivity contribution in [2.45, 2.75) is 38.7 Å². The molecule has 1 aromatic carbocycles. The molecule has 0 amide bonds. The standard InChI is InChI=1S/C19H22O3/c1-21-15-6-2-12(3-7-15)11-22-19(20)18-16-8-4-13(16)10-14-5-9-17(14)18/h2-3,6-7,13-14,16H,4-5,8-11H2,1H3. The zero-order valence-electron chi connectivity index (χ0n) is 13.0. The molecule has 0 aliphatic heterocycles. The van der Waals surface area contributed by atoms with E-state index in [1.165, 1.54) is 31.3 Å². The molecule has 2 saturated carbocycles. The molecule has 1 aromatic rings. The normalized spacial score (nSPS) is 28.9. The van der Waals surface area contributed by atoms with Gasteiger partial charge in [-0.2, -0.15) is 0 Å². The first-order chi connectivity index (χ1) is 10.8. The summed E-state index contributed by atoms with van der Waals surface area (Å²) in [6, 6.07) is 7.69. The number of methoxy groups -OCH3 is 1. The Morgan fingerprint density at radius 1 is 1.18 bits per heavy atom. The Bertz CT molecular complexity index is 614. The van der Waals surface area contributed by atoms with E-state index in [0.29, 0.717) is 18.4 Å². The van der Waals surface area contributed by atoms with Crippen molar-refractivity contribution in [2.24, 2.45) is 17.8 Å². The number of carbonyl (C=O) groups excluding carboxylic acids is 1. The van der Waals surface area contributed by atoms with E-state index in [4.69, 9.17) is 9.47 Å². The Hall–Kier alpha value is -1.77. The average Bonchev–Trinajstić information content (AvgIpc) is 2.49. The second kappa shape index (κ2) is 5.45. The van der Waals surface area contributed by atoms with Crippen LogP contribution in [-0.2, 0) is 16.1 Å². The minimum absolute atomic E-state index is 0.0649. The Labute approximate surface area is 131 Å². The first-order valence-electron chi connectivity index (χ1n) is 8.29. The van der Waals surface area contributed by atoms with E-state index in [0.717, 1.165) is 29.2 Å². The van der Waals surface area contributed by atoms with Crippen molar-refractivity contribution in [1.82, 2.24) is 0 Å². The van der Waals surface area contributed by atoms with Crippen molar-refractivity contribution in [3.05, 3.63) is 41.0 Å². The average molecular weight is 298 g/mol. The lowest BCUT2D eigenvalue weighted by molar-refractivity contribution is -0.142. The molecule has 3 heteroatoms. The molecule has 0 radical (unpaired) electrons. The van der Waals surface area contributed by atoms with Crippen LogP contribution in [-0.4, -0.2) is 13.1 Å². The Morgan fingerprint density at radius 2 is 2.00 bits per heavy atom. The smallest absolute Gasteiger partial charge is 0.334 e. The van der Waals surface area contributed by atoms with Crippen LogP contribution in [0.1, 0.15) is 37.7 Å². The summed E-state index contributed by atoms with van der Waals surface area (Å²) in [5.74, 6) is 2.68. The van der Waals surface area contributed by atoms with Gasteiger partial charge in [-0.15, -0.1) is 0 Å². The summed E-state index contributed by atoms with van der Waals surface area (Å²) in [5.41, 5.74) is 3.47. The van der Waals surface area contributed by atoms with E-state index in [1.54, 1.807) is 7.11 Å².